The van der Waals surface area contributed by atoms with Crippen LogP contribution in [-0.2, 0) is 0 Å². The summed E-state index contributed by atoms with van der Waals surface area (Å²) in [5, 5.41) is 0. The topological polar surface area (TPSA) is 39.4 Å². The molecule has 0 aliphatic carbocycles. The average Bonchev–Trinajstić information content (AvgIpc) is 2.06. The largest absolute Gasteiger partial charge is 0.294 e. The number of carbonyl (C=O) groups is 1. The van der Waals surface area contributed by atoms with Gasteiger partial charge in [-0.2, -0.15) is 0 Å². The molecule has 0 bridgehead atoms. The Morgan fingerprint density at radius 2 is 1.92 bits per heavy atom. The van der Waals surface area contributed by atoms with Crippen molar-refractivity contribution in [1.82, 2.24) is 5.73 Å². The molecule has 0 atom stereocenters. The van der Waals surface area contributed by atoms with Crippen LogP contribution in [0.4, 0.5) is 0 Å². The van der Waals surface area contributed by atoms with Gasteiger partial charge in [0.05, 0.1) is 0 Å². The summed E-state index contributed by atoms with van der Waals surface area (Å²) >= 11 is 3.27. The minimum atomic E-state index is -0.0884. The molecule has 3 heteroatoms. The molecule has 0 saturated carbocycles. The Morgan fingerprint density at radius 1 is 1.33 bits per heavy atom. The SMILES string of the molecule is [N]CCC(=O)c1ccc(Br)cc1. The summed E-state index contributed by atoms with van der Waals surface area (Å²) in [5.74, 6) is -0.0231. The van der Waals surface area contributed by atoms with Gasteiger partial charge in [-0.1, -0.05) is 28.1 Å². The molecule has 0 aromatic heterocycles. The lowest BCUT2D eigenvalue weighted by molar-refractivity contribution is 0.0985. The fraction of sp³-hybridized carbons (Fsp3) is 0.222. The molecular formula is C9H8BrNO. The first kappa shape index (κ1) is 9.42. The molecule has 0 spiro atoms. The van der Waals surface area contributed by atoms with E-state index >= 15 is 0 Å². The van der Waals surface area contributed by atoms with Crippen molar-refractivity contribution in [2.45, 2.75) is 6.42 Å². The van der Waals surface area contributed by atoms with Crippen molar-refractivity contribution in [1.29, 1.82) is 0 Å². The van der Waals surface area contributed by atoms with Crippen molar-refractivity contribution in [2.24, 2.45) is 0 Å². The Hall–Kier alpha value is -0.670. The number of Topliss-reactive ketones (excluding diaryl/α,β-unsaturated/α-hetero) is 1. The highest BCUT2D eigenvalue weighted by molar-refractivity contribution is 9.10. The molecule has 0 amide bonds. The number of nitrogens with zero attached hydrogens (tertiary/aromatic N) is 1. The van der Waals surface area contributed by atoms with Gasteiger partial charge in [0.15, 0.2) is 5.78 Å². The molecular weight excluding hydrogens is 218 g/mol. The Labute approximate surface area is 79.9 Å². The van der Waals surface area contributed by atoms with E-state index in [-0.39, 0.29) is 18.7 Å². The lowest BCUT2D eigenvalue weighted by Crippen LogP contribution is -2.01. The van der Waals surface area contributed by atoms with Crippen molar-refractivity contribution < 1.29 is 4.79 Å². The highest BCUT2D eigenvalue weighted by Gasteiger charge is 2.03. The maximum Gasteiger partial charge on any atom is 0.164 e. The second-order valence-corrected chi connectivity index (χ2v) is 3.32. The Morgan fingerprint density at radius 3 is 2.42 bits per heavy atom. The molecule has 0 saturated heterocycles. The molecule has 0 aliphatic rings. The summed E-state index contributed by atoms with van der Waals surface area (Å²) in [6.45, 7) is -0.0884. The normalized spacial score (nSPS) is 9.83. The van der Waals surface area contributed by atoms with Gasteiger partial charge in [-0.05, 0) is 12.1 Å². The van der Waals surface area contributed by atoms with E-state index in [1.165, 1.54) is 0 Å². The number of ketones is 1. The third-order valence-electron chi connectivity index (χ3n) is 1.51. The molecule has 0 aliphatic heterocycles. The number of halogens is 1. The van der Waals surface area contributed by atoms with E-state index in [0.29, 0.717) is 5.56 Å². The quantitative estimate of drug-likeness (QED) is 0.727. The molecule has 0 unspecified atom stereocenters. The van der Waals surface area contributed by atoms with Crippen LogP contribution in [0.25, 0.3) is 0 Å². The van der Waals surface area contributed by atoms with Crippen LogP contribution < -0.4 is 5.73 Å². The van der Waals surface area contributed by atoms with Gasteiger partial charge in [-0.3, -0.25) is 4.79 Å². The van der Waals surface area contributed by atoms with E-state index in [4.69, 9.17) is 5.73 Å². The van der Waals surface area contributed by atoms with Crippen LogP contribution in [0.3, 0.4) is 0 Å². The second kappa shape index (κ2) is 4.38. The lowest BCUT2D eigenvalue weighted by Gasteiger charge is -1.97. The van der Waals surface area contributed by atoms with Crippen LogP contribution in [0.1, 0.15) is 16.8 Å². The number of rotatable bonds is 3. The third-order valence-corrected chi connectivity index (χ3v) is 2.03. The summed E-state index contributed by atoms with van der Waals surface area (Å²) in [7, 11) is 0. The van der Waals surface area contributed by atoms with Gasteiger partial charge < -0.3 is 0 Å². The van der Waals surface area contributed by atoms with Gasteiger partial charge in [0.25, 0.3) is 0 Å². The standard InChI is InChI=1S/C9H8BrNO/c10-8-3-1-7(2-4-8)9(12)5-6-11/h1-4H,5-6H2. The second-order valence-electron chi connectivity index (χ2n) is 2.40. The maximum absolute atomic E-state index is 11.2. The maximum atomic E-state index is 11.2. The van der Waals surface area contributed by atoms with Crippen LogP contribution in [0, 0.1) is 0 Å². The Bertz CT molecular complexity index is 268. The fourth-order valence-corrected chi connectivity index (χ4v) is 1.15. The minimum absolute atomic E-state index is 0.0231. The average molecular weight is 226 g/mol. The molecule has 0 N–H and O–H groups in total. The smallest absolute Gasteiger partial charge is 0.164 e. The van der Waals surface area contributed by atoms with Gasteiger partial charge in [0.2, 0.25) is 0 Å². The van der Waals surface area contributed by atoms with E-state index in [1.54, 1.807) is 12.1 Å². The van der Waals surface area contributed by atoms with E-state index in [2.05, 4.69) is 15.9 Å². The van der Waals surface area contributed by atoms with Crippen LogP contribution in [-0.4, -0.2) is 12.3 Å². The first-order valence-corrected chi connectivity index (χ1v) is 4.43. The van der Waals surface area contributed by atoms with E-state index in [0.717, 1.165) is 4.47 Å². The summed E-state index contributed by atoms with van der Waals surface area (Å²) in [4.78, 5) is 11.2. The number of carbonyl (C=O) groups excluding carboxylic acids is 1. The van der Waals surface area contributed by atoms with Gasteiger partial charge in [-0.15, -0.1) is 5.73 Å². The highest BCUT2D eigenvalue weighted by Crippen LogP contribution is 2.11. The Balaban J connectivity index is 2.75. The minimum Gasteiger partial charge on any atom is -0.294 e. The zero-order valence-corrected chi connectivity index (χ0v) is 8.04. The highest BCUT2D eigenvalue weighted by atomic mass is 79.9. The monoisotopic (exact) mass is 225 g/mol. The molecule has 0 fully saturated rings. The fourth-order valence-electron chi connectivity index (χ4n) is 0.882. The molecule has 2 nitrogen and oxygen atoms in total. The van der Waals surface area contributed by atoms with Gasteiger partial charge in [-0.25, -0.2) is 0 Å². The van der Waals surface area contributed by atoms with Crippen LogP contribution in [0.5, 0.6) is 0 Å². The molecule has 12 heavy (non-hydrogen) atoms. The van der Waals surface area contributed by atoms with Gasteiger partial charge in [0.1, 0.15) is 0 Å². The van der Waals surface area contributed by atoms with Crippen molar-refractivity contribution in [3.8, 4) is 0 Å². The molecule has 1 rings (SSSR count). The summed E-state index contributed by atoms with van der Waals surface area (Å²) < 4.78 is 0.947. The molecule has 0 heterocycles. The molecule has 2 radical (unpaired) electrons. The number of benzene rings is 1. The van der Waals surface area contributed by atoms with Crippen LogP contribution in [0.2, 0.25) is 0 Å². The first-order valence-electron chi connectivity index (χ1n) is 3.63. The van der Waals surface area contributed by atoms with E-state index in [9.17, 15) is 4.79 Å². The van der Waals surface area contributed by atoms with Crippen LogP contribution >= 0.6 is 15.9 Å². The first-order chi connectivity index (χ1) is 5.74. The van der Waals surface area contributed by atoms with Crippen molar-refractivity contribution in [2.75, 3.05) is 6.54 Å². The summed E-state index contributed by atoms with van der Waals surface area (Å²) in [5.41, 5.74) is 9.17. The number of hydrogen-bond donors (Lipinski definition) is 0. The lowest BCUT2D eigenvalue weighted by atomic mass is 10.1. The predicted octanol–water partition coefficient (Wildman–Crippen LogP) is 2.09. The summed E-state index contributed by atoms with van der Waals surface area (Å²) in [6, 6.07) is 7.10. The Kier molecular flexibility index (Phi) is 3.44. The van der Waals surface area contributed by atoms with E-state index < -0.39 is 0 Å². The molecule has 1 aromatic carbocycles. The summed E-state index contributed by atoms with van der Waals surface area (Å²) in [6.07, 6.45) is 0.196. The van der Waals surface area contributed by atoms with Crippen LogP contribution in [0.15, 0.2) is 28.7 Å². The zero-order chi connectivity index (χ0) is 8.97. The van der Waals surface area contributed by atoms with E-state index in [1.807, 2.05) is 12.1 Å². The van der Waals surface area contributed by atoms with Crippen molar-refractivity contribution in [3.63, 3.8) is 0 Å². The zero-order valence-electron chi connectivity index (χ0n) is 6.46. The van der Waals surface area contributed by atoms with Crippen molar-refractivity contribution in [3.05, 3.63) is 34.3 Å². The third kappa shape index (κ3) is 2.43. The molecule has 1 aromatic rings. The number of hydrogen-bond acceptors (Lipinski definition) is 1. The predicted molar refractivity (Wildman–Crippen MR) is 50.1 cm³/mol. The van der Waals surface area contributed by atoms with Gasteiger partial charge >= 0.3 is 0 Å². The van der Waals surface area contributed by atoms with Crippen molar-refractivity contribution >= 4 is 21.7 Å². The molecule has 62 valence electrons. The van der Waals surface area contributed by atoms with Gasteiger partial charge in [0, 0.05) is 23.0 Å².